The summed E-state index contributed by atoms with van der Waals surface area (Å²) in [4.78, 5) is 1.15. The maximum Gasteiger partial charge on any atom is 0.104 e. The second kappa shape index (κ2) is 2.79. The molecule has 0 amide bonds. The summed E-state index contributed by atoms with van der Waals surface area (Å²) < 4.78 is 1.12. The van der Waals surface area contributed by atoms with Gasteiger partial charge >= 0.3 is 0 Å². The molecule has 55 valence electrons. The number of nitrogens with zero attached hydrogens (tertiary/aromatic N) is 2. The fourth-order valence-electron chi connectivity index (χ4n) is 0.816. The first-order valence-corrected chi connectivity index (χ1v) is 4.67. The Hall–Kier alpha value is -0.610. The van der Waals surface area contributed by atoms with E-state index >= 15 is 0 Å². The quantitative estimate of drug-likeness (QED) is 0.705. The Morgan fingerprint density at radius 2 is 2.27 bits per heavy atom. The first-order chi connectivity index (χ1) is 5.36. The van der Waals surface area contributed by atoms with E-state index in [1.165, 1.54) is 0 Å². The number of allylic oxidation sites excluding steroid dienone is 1. The van der Waals surface area contributed by atoms with E-state index in [0.717, 1.165) is 14.4 Å². The van der Waals surface area contributed by atoms with Gasteiger partial charge in [-0.15, -0.1) is 16.4 Å². The van der Waals surface area contributed by atoms with E-state index in [-0.39, 0.29) is 0 Å². The first kappa shape index (κ1) is 7.06. The van der Waals surface area contributed by atoms with Gasteiger partial charge in [0.15, 0.2) is 0 Å². The molecule has 1 aromatic heterocycles. The number of rotatable bonds is 1. The molecule has 0 N–H and O–H groups in total. The lowest BCUT2D eigenvalue weighted by atomic mass is 10.3. The Labute approximate surface area is 76.8 Å². The van der Waals surface area contributed by atoms with Gasteiger partial charge in [0.1, 0.15) is 5.71 Å². The van der Waals surface area contributed by atoms with Gasteiger partial charge in [0.05, 0.1) is 14.9 Å². The molecular weight excluding hydrogens is 224 g/mol. The topological polar surface area (TPSA) is 26.5 Å². The zero-order valence-electron chi connectivity index (χ0n) is 5.49. The summed E-state index contributed by atoms with van der Waals surface area (Å²) in [5, 5.41) is 3.94. The molecule has 0 aromatic carbocycles. The van der Waals surface area contributed by atoms with Gasteiger partial charge in [-0.2, -0.15) is 5.43 Å². The molecule has 0 saturated carbocycles. The average molecular weight is 228 g/mol. The van der Waals surface area contributed by atoms with Crippen LogP contribution in [0.5, 0.6) is 0 Å². The summed E-state index contributed by atoms with van der Waals surface area (Å²) >= 11 is 5.05. The van der Waals surface area contributed by atoms with Crippen molar-refractivity contribution in [2.45, 2.75) is 0 Å². The Morgan fingerprint density at radius 1 is 1.36 bits per heavy atom. The van der Waals surface area contributed by atoms with E-state index < -0.39 is 0 Å². The van der Waals surface area contributed by atoms with Gasteiger partial charge in [-0.25, -0.2) is 0 Å². The van der Waals surface area contributed by atoms with Crippen LogP contribution in [0.2, 0.25) is 0 Å². The van der Waals surface area contributed by atoms with Crippen molar-refractivity contribution in [3.8, 4) is 0 Å². The second-order valence-corrected chi connectivity index (χ2v) is 4.48. The van der Waals surface area contributed by atoms with E-state index in [1.807, 2.05) is 18.2 Å². The van der Waals surface area contributed by atoms with Gasteiger partial charge in [-0.05, 0) is 34.1 Å². The van der Waals surface area contributed by atoms with Crippen molar-refractivity contribution >= 4 is 33.0 Å². The van der Waals surface area contributed by atoms with E-state index in [9.17, 15) is 0 Å². The Bertz CT molecular complexity index is 327. The van der Waals surface area contributed by atoms with Crippen molar-refractivity contribution in [2.75, 3.05) is 0 Å². The number of thiophene rings is 1. The highest BCUT2D eigenvalue weighted by molar-refractivity contribution is 9.11. The van der Waals surface area contributed by atoms with Crippen LogP contribution in [0.4, 0.5) is 0 Å². The van der Waals surface area contributed by atoms with Crippen LogP contribution in [0.3, 0.4) is 0 Å². The van der Waals surface area contributed by atoms with Gasteiger partial charge in [-0.3, -0.25) is 0 Å². The van der Waals surface area contributed by atoms with Gasteiger partial charge in [0.25, 0.3) is 0 Å². The third kappa shape index (κ3) is 1.36. The minimum atomic E-state index is 0.945. The van der Waals surface area contributed by atoms with Crippen molar-refractivity contribution in [1.82, 2.24) is 5.43 Å². The third-order valence-electron chi connectivity index (χ3n) is 1.29. The van der Waals surface area contributed by atoms with Gasteiger partial charge in [0, 0.05) is 0 Å². The van der Waals surface area contributed by atoms with Crippen molar-refractivity contribution in [2.24, 2.45) is 5.10 Å². The molecule has 1 aliphatic rings. The zero-order chi connectivity index (χ0) is 7.68. The lowest BCUT2D eigenvalue weighted by molar-refractivity contribution is 0.973. The van der Waals surface area contributed by atoms with Gasteiger partial charge in [-0.1, -0.05) is 0 Å². The van der Waals surface area contributed by atoms with Crippen LogP contribution in [0.25, 0.3) is 0 Å². The molecule has 1 aromatic rings. The summed E-state index contributed by atoms with van der Waals surface area (Å²) in [7, 11) is 0. The lowest BCUT2D eigenvalue weighted by Gasteiger charge is -1.86. The third-order valence-corrected chi connectivity index (χ3v) is 2.94. The van der Waals surface area contributed by atoms with Crippen molar-refractivity contribution in [3.63, 3.8) is 0 Å². The number of halogens is 1. The van der Waals surface area contributed by atoms with E-state index in [0.29, 0.717) is 0 Å². The summed E-state index contributed by atoms with van der Waals surface area (Å²) in [5.41, 5.74) is 4.69. The molecule has 0 spiro atoms. The molecule has 2 rings (SSSR count). The standard InChI is InChI=1S/C7H4BrN2S/c8-7-2-1-6(11-7)5-3-4-9-10-5/h1-4H. The maximum absolute atomic E-state index is 3.94. The minimum Gasteiger partial charge on any atom is -0.158 e. The van der Waals surface area contributed by atoms with Crippen LogP contribution in [0.15, 0.2) is 33.3 Å². The molecule has 0 bridgehead atoms. The molecule has 0 fully saturated rings. The SMILES string of the molecule is Brc1ccc(C2=N[N]C=C2)s1. The lowest BCUT2D eigenvalue weighted by Crippen LogP contribution is -1.88. The minimum absolute atomic E-state index is 0.945. The number of hydrogen-bond acceptors (Lipinski definition) is 2. The summed E-state index contributed by atoms with van der Waals surface area (Å²) in [6, 6.07) is 4.04. The monoisotopic (exact) mass is 227 g/mol. The van der Waals surface area contributed by atoms with Crippen LogP contribution in [-0.2, 0) is 0 Å². The van der Waals surface area contributed by atoms with E-state index in [1.54, 1.807) is 17.5 Å². The number of hydrogen-bond donors (Lipinski definition) is 0. The highest BCUT2D eigenvalue weighted by atomic mass is 79.9. The Morgan fingerprint density at radius 3 is 2.82 bits per heavy atom. The Kier molecular flexibility index (Phi) is 1.79. The molecule has 1 radical (unpaired) electrons. The van der Waals surface area contributed by atoms with Crippen LogP contribution < -0.4 is 5.43 Å². The zero-order valence-corrected chi connectivity index (χ0v) is 7.89. The molecule has 0 saturated heterocycles. The summed E-state index contributed by atoms with van der Waals surface area (Å²) in [6.07, 6.45) is 3.60. The predicted octanol–water partition coefficient (Wildman–Crippen LogP) is 2.35. The van der Waals surface area contributed by atoms with E-state index in [4.69, 9.17) is 0 Å². The van der Waals surface area contributed by atoms with Crippen molar-refractivity contribution < 1.29 is 0 Å². The van der Waals surface area contributed by atoms with Gasteiger partial charge < -0.3 is 0 Å². The fourth-order valence-corrected chi connectivity index (χ4v) is 2.17. The van der Waals surface area contributed by atoms with E-state index in [2.05, 4.69) is 26.5 Å². The normalized spacial score (nSPS) is 14.8. The molecule has 0 unspecified atom stereocenters. The molecule has 4 heteroatoms. The van der Waals surface area contributed by atoms with Crippen LogP contribution in [-0.4, -0.2) is 5.71 Å². The highest BCUT2D eigenvalue weighted by Gasteiger charge is 2.06. The molecular formula is C7H4BrN2S. The first-order valence-electron chi connectivity index (χ1n) is 3.06. The predicted molar refractivity (Wildman–Crippen MR) is 49.8 cm³/mol. The molecule has 2 nitrogen and oxygen atoms in total. The fraction of sp³-hybridized carbons (Fsp3) is 0. The summed E-state index contributed by atoms with van der Waals surface area (Å²) in [5.74, 6) is 0. The molecule has 1 aliphatic heterocycles. The molecule has 0 aliphatic carbocycles. The van der Waals surface area contributed by atoms with Crippen LogP contribution in [0, 0.1) is 0 Å². The molecule has 0 atom stereocenters. The van der Waals surface area contributed by atoms with Crippen molar-refractivity contribution in [3.05, 3.63) is 33.1 Å². The van der Waals surface area contributed by atoms with Crippen LogP contribution in [0.1, 0.15) is 4.88 Å². The van der Waals surface area contributed by atoms with Crippen LogP contribution >= 0.6 is 27.3 Å². The van der Waals surface area contributed by atoms with Gasteiger partial charge in [0.2, 0.25) is 0 Å². The largest absolute Gasteiger partial charge is 0.158 e. The molecule has 2 heterocycles. The highest BCUT2D eigenvalue weighted by Crippen LogP contribution is 2.23. The van der Waals surface area contributed by atoms with Crippen molar-refractivity contribution in [1.29, 1.82) is 0 Å². The average Bonchev–Trinajstić information content (AvgIpc) is 2.55. The molecule has 11 heavy (non-hydrogen) atoms. The smallest absolute Gasteiger partial charge is 0.104 e. The maximum atomic E-state index is 3.94. The second-order valence-electron chi connectivity index (χ2n) is 2.02. The Balaban J connectivity index is 2.36. The summed E-state index contributed by atoms with van der Waals surface area (Å²) in [6.45, 7) is 0.